The molecule has 3 heteroatoms. The van der Waals surface area contributed by atoms with Gasteiger partial charge in [-0.25, -0.2) is 4.98 Å². The van der Waals surface area contributed by atoms with Crippen LogP contribution in [0.5, 0.6) is 0 Å². The Balaban J connectivity index is 2.88. The molecule has 1 aromatic carbocycles. The lowest BCUT2D eigenvalue weighted by molar-refractivity contribution is 1.34. The second kappa shape index (κ2) is 2.71. The van der Waals surface area contributed by atoms with Gasteiger partial charge in [-0.05, 0) is 31.5 Å². The largest absolute Gasteiger partial charge is 0.240 e. The highest BCUT2D eigenvalue weighted by atomic mass is 35.5. The van der Waals surface area contributed by atoms with Crippen LogP contribution in [-0.2, 0) is 0 Å². The van der Waals surface area contributed by atoms with E-state index in [0.29, 0.717) is 0 Å². The van der Waals surface area contributed by atoms with Gasteiger partial charge in [-0.1, -0.05) is 11.6 Å². The third-order valence-electron chi connectivity index (χ3n) is 1.70. The van der Waals surface area contributed by atoms with Crippen molar-refractivity contribution in [1.82, 2.24) is 4.98 Å². The molecular formula is C9H8ClNS. The number of thiazole rings is 1. The zero-order valence-corrected chi connectivity index (χ0v) is 8.46. The van der Waals surface area contributed by atoms with Gasteiger partial charge in [0.2, 0.25) is 0 Å². The van der Waals surface area contributed by atoms with E-state index in [2.05, 4.69) is 11.1 Å². The number of rotatable bonds is 0. The number of benzene rings is 1. The lowest BCUT2D eigenvalue weighted by Gasteiger charge is -1.93. The maximum absolute atomic E-state index is 6.02. The summed E-state index contributed by atoms with van der Waals surface area (Å²) in [5, 5.41) is 1.83. The maximum Gasteiger partial charge on any atom is 0.100 e. The summed E-state index contributed by atoms with van der Waals surface area (Å²) < 4.78 is 1.18. The van der Waals surface area contributed by atoms with Crippen molar-refractivity contribution in [1.29, 1.82) is 0 Å². The average Bonchev–Trinajstić information content (AvgIpc) is 2.29. The second-order valence-corrected chi connectivity index (χ2v) is 4.47. The molecule has 2 rings (SSSR count). The van der Waals surface area contributed by atoms with E-state index in [4.69, 9.17) is 11.6 Å². The van der Waals surface area contributed by atoms with Gasteiger partial charge in [-0.15, -0.1) is 11.3 Å². The molecule has 2 aromatic rings. The van der Waals surface area contributed by atoms with Crippen LogP contribution in [0.1, 0.15) is 10.6 Å². The van der Waals surface area contributed by atoms with E-state index in [0.717, 1.165) is 15.5 Å². The van der Waals surface area contributed by atoms with Crippen LogP contribution in [0.4, 0.5) is 0 Å². The standard InChI is InChI=1S/C9H8ClNS/c1-5-3-7(10)9-8(4-5)12-6(2)11-9/h3-4H,1-2H3. The Morgan fingerprint density at radius 3 is 2.83 bits per heavy atom. The van der Waals surface area contributed by atoms with Gasteiger partial charge in [-0.2, -0.15) is 0 Å². The van der Waals surface area contributed by atoms with Gasteiger partial charge >= 0.3 is 0 Å². The van der Waals surface area contributed by atoms with Crippen LogP contribution < -0.4 is 0 Å². The second-order valence-electron chi connectivity index (χ2n) is 2.83. The number of halogens is 1. The summed E-state index contributed by atoms with van der Waals surface area (Å²) in [5.74, 6) is 0. The number of aromatic nitrogens is 1. The average molecular weight is 198 g/mol. The van der Waals surface area contributed by atoms with Crippen LogP contribution >= 0.6 is 22.9 Å². The number of nitrogens with zero attached hydrogens (tertiary/aromatic N) is 1. The number of hydrogen-bond donors (Lipinski definition) is 0. The van der Waals surface area contributed by atoms with Gasteiger partial charge in [0.25, 0.3) is 0 Å². The number of aryl methyl sites for hydroxylation is 2. The van der Waals surface area contributed by atoms with E-state index in [1.165, 1.54) is 10.3 Å². The molecule has 0 N–H and O–H groups in total. The summed E-state index contributed by atoms with van der Waals surface area (Å²) in [7, 11) is 0. The predicted molar refractivity (Wildman–Crippen MR) is 54.1 cm³/mol. The predicted octanol–water partition coefficient (Wildman–Crippen LogP) is 3.57. The minimum atomic E-state index is 0.759. The molecule has 12 heavy (non-hydrogen) atoms. The molecule has 0 fully saturated rings. The number of fused-ring (bicyclic) bond motifs is 1. The van der Waals surface area contributed by atoms with Gasteiger partial charge in [0.1, 0.15) is 5.52 Å². The molecule has 0 aliphatic rings. The molecule has 0 amide bonds. The molecule has 1 aromatic heterocycles. The first-order valence-electron chi connectivity index (χ1n) is 3.70. The molecule has 0 saturated carbocycles. The Bertz CT molecular complexity index is 433. The van der Waals surface area contributed by atoms with Gasteiger partial charge in [0, 0.05) is 0 Å². The Kier molecular flexibility index (Phi) is 1.81. The monoisotopic (exact) mass is 197 g/mol. The minimum absolute atomic E-state index is 0.759. The van der Waals surface area contributed by atoms with Gasteiger partial charge in [0.15, 0.2) is 0 Å². The van der Waals surface area contributed by atoms with Crippen molar-refractivity contribution in [2.24, 2.45) is 0 Å². The van der Waals surface area contributed by atoms with Crippen LogP contribution in [-0.4, -0.2) is 4.98 Å². The van der Waals surface area contributed by atoms with Crippen LogP contribution in [0.3, 0.4) is 0 Å². The zero-order valence-electron chi connectivity index (χ0n) is 6.89. The Labute approximate surface area is 80.0 Å². The van der Waals surface area contributed by atoms with Crippen LogP contribution in [0, 0.1) is 13.8 Å². The molecule has 0 aliphatic carbocycles. The molecule has 0 saturated heterocycles. The molecule has 0 radical (unpaired) electrons. The van der Waals surface area contributed by atoms with Gasteiger partial charge in [-0.3, -0.25) is 0 Å². The Hall–Kier alpha value is -0.600. The summed E-state index contributed by atoms with van der Waals surface area (Å²) in [6.45, 7) is 4.04. The first-order valence-corrected chi connectivity index (χ1v) is 4.89. The topological polar surface area (TPSA) is 12.9 Å². The Morgan fingerprint density at radius 2 is 2.08 bits per heavy atom. The first-order chi connectivity index (χ1) is 5.66. The molecule has 0 atom stereocenters. The summed E-state index contributed by atoms with van der Waals surface area (Å²) in [6.07, 6.45) is 0. The quantitative estimate of drug-likeness (QED) is 0.629. The van der Waals surface area contributed by atoms with Crippen molar-refractivity contribution in [2.45, 2.75) is 13.8 Å². The SMILES string of the molecule is Cc1cc(Cl)c2nc(C)sc2c1. The fraction of sp³-hybridized carbons (Fsp3) is 0.222. The number of hydrogen-bond acceptors (Lipinski definition) is 2. The van der Waals surface area contributed by atoms with Crippen molar-refractivity contribution in [2.75, 3.05) is 0 Å². The van der Waals surface area contributed by atoms with Crippen molar-refractivity contribution in [3.05, 3.63) is 27.7 Å². The van der Waals surface area contributed by atoms with Crippen molar-refractivity contribution in [3.8, 4) is 0 Å². The first kappa shape index (κ1) is 8.02. The van der Waals surface area contributed by atoms with Crippen molar-refractivity contribution >= 4 is 33.2 Å². The molecular weight excluding hydrogens is 190 g/mol. The summed E-state index contributed by atoms with van der Waals surface area (Å²) in [5.41, 5.74) is 2.13. The summed E-state index contributed by atoms with van der Waals surface area (Å²) in [6, 6.07) is 4.06. The fourth-order valence-corrected chi connectivity index (χ4v) is 2.55. The highest BCUT2D eigenvalue weighted by Crippen LogP contribution is 2.28. The molecule has 1 heterocycles. The van der Waals surface area contributed by atoms with E-state index < -0.39 is 0 Å². The molecule has 0 aliphatic heterocycles. The normalized spacial score (nSPS) is 10.9. The van der Waals surface area contributed by atoms with Crippen LogP contribution in [0.2, 0.25) is 5.02 Å². The summed E-state index contributed by atoms with van der Waals surface area (Å²) in [4.78, 5) is 4.34. The lowest BCUT2D eigenvalue weighted by atomic mass is 10.2. The van der Waals surface area contributed by atoms with Gasteiger partial charge < -0.3 is 0 Å². The minimum Gasteiger partial charge on any atom is -0.240 e. The molecule has 0 unspecified atom stereocenters. The Morgan fingerprint density at radius 1 is 1.33 bits per heavy atom. The molecule has 62 valence electrons. The van der Waals surface area contributed by atoms with E-state index >= 15 is 0 Å². The molecule has 1 nitrogen and oxygen atoms in total. The smallest absolute Gasteiger partial charge is 0.100 e. The van der Waals surface area contributed by atoms with Crippen molar-refractivity contribution < 1.29 is 0 Å². The lowest BCUT2D eigenvalue weighted by Crippen LogP contribution is -1.74. The van der Waals surface area contributed by atoms with E-state index in [-0.39, 0.29) is 0 Å². The maximum atomic E-state index is 6.02. The van der Waals surface area contributed by atoms with E-state index in [1.54, 1.807) is 11.3 Å². The summed E-state index contributed by atoms with van der Waals surface area (Å²) >= 11 is 7.70. The van der Waals surface area contributed by atoms with Crippen LogP contribution in [0.15, 0.2) is 12.1 Å². The molecule has 0 bridgehead atoms. The molecule has 0 spiro atoms. The fourth-order valence-electron chi connectivity index (χ4n) is 1.23. The van der Waals surface area contributed by atoms with Gasteiger partial charge in [0.05, 0.1) is 14.7 Å². The highest BCUT2D eigenvalue weighted by molar-refractivity contribution is 7.18. The third-order valence-corrected chi connectivity index (χ3v) is 2.91. The zero-order chi connectivity index (χ0) is 8.72. The third kappa shape index (κ3) is 1.21. The van der Waals surface area contributed by atoms with E-state index in [9.17, 15) is 0 Å². The highest BCUT2D eigenvalue weighted by Gasteiger charge is 2.04. The van der Waals surface area contributed by atoms with Crippen LogP contribution in [0.25, 0.3) is 10.2 Å². The van der Waals surface area contributed by atoms with Crippen molar-refractivity contribution in [3.63, 3.8) is 0 Å². The van der Waals surface area contributed by atoms with E-state index in [1.807, 2.05) is 19.9 Å².